The molecule has 2 rings (SSSR count). The second-order valence-electron chi connectivity index (χ2n) is 7.03. The molecule has 2 unspecified atom stereocenters. The Morgan fingerprint density at radius 2 is 2.26 bits per heavy atom. The van der Waals surface area contributed by atoms with Gasteiger partial charge in [0.2, 0.25) is 0 Å². The highest BCUT2D eigenvalue weighted by atomic mass is 127. The number of aromatic nitrogens is 2. The molecule has 156 valence electrons. The Morgan fingerprint density at radius 3 is 2.89 bits per heavy atom. The van der Waals surface area contributed by atoms with Crippen LogP contribution in [0.4, 0.5) is 0 Å². The summed E-state index contributed by atoms with van der Waals surface area (Å²) >= 11 is 0. The predicted octanol–water partition coefficient (Wildman–Crippen LogP) is 1.41. The monoisotopic (exact) mass is 495 g/mol. The Kier molecular flexibility index (Phi) is 11.2. The van der Waals surface area contributed by atoms with Gasteiger partial charge in [-0.05, 0) is 12.8 Å². The highest BCUT2D eigenvalue weighted by Crippen LogP contribution is 2.21. The van der Waals surface area contributed by atoms with Crippen molar-refractivity contribution < 1.29 is 14.6 Å². The zero-order valence-electron chi connectivity index (χ0n) is 16.8. The molecule has 0 radical (unpaired) electrons. The summed E-state index contributed by atoms with van der Waals surface area (Å²) in [5, 5.41) is 17.6. The van der Waals surface area contributed by atoms with Crippen molar-refractivity contribution in [3.05, 3.63) is 18.0 Å². The number of nitrogens with zero attached hydrogens (tertiary/aromatic N) is 4. The lowest BCUT2D eigenvalue weighted by Gasteiger charge is -2.35. The van der Waals surface area contributed by atoms with Crippen LogP contribution in [0.2, 0.25) is 0 Å². The number of guanidine groups is 1. The van der Waals surface area contributed by atoms with Crippen LogP contribution in [0, 0.1) is 5.92 Å². The number of rotatable bonds is 8. The van der Waals surface area contributed by atoms with E-state index in [1.54, 1.807) is 4.68 Å². The second-order valence-corrected chi connectivity index (χ2v) is 7.03. The minimum atomic E-state index is -0.599. The largest absolute Gasteiger partial charge is 0.389 e. The molecule has 0 bridgehead atoms. The lowest BCUT2D eigenvalue weighted by Crippen LogP contribution is -2.48. The number of aliphatic hydroxyl groups is 1. The molecule has 0 spiro atoms. The van der Waals surface area contributed by atoms with Crippen LogP contribution < -0.4 is 5.32 Å². The molecule has 1 aromatic rings. The zero-order chi connectivity index (χ0) is 18.9. The minimum absolute atomic E-state index is 0. The van der Waals surface area contributed by atoms with Gasteiger partial charge in [0, 0.05) is 38.5 Å². The number of aliphatic imine (C=N–C) groups is 1. The molecule has 9 heteroatoms. The molecule has 2 N–H and O–H groups in total. The van der Waals surface area contributed by atoms with Crippen LogP contribution in [0.3, 0.4) is 0 Å². The van der Waals surface area contributed by atoms with Gasteiger partial charge in [-0.15, -0.1) is 24.0 Å². The predicted molar refractivity (Wildman–Crippen MR) is 117 cm³/mol. The summed E-state index contributed by atoms with van der Waals surface area (Å²) < 4.78 is 13.2. The normalized spacial score (nSPS) is 19.1. The van der Waals surface area contributed by atoms with Gasteiger partial charge in [0.1, 0.15) is 6.10 Å². The topological polar surface area (TPSA) is 84.1 Å². The zero-order valence-corrected chi connectivity index (χ0v) is 19.1. The van der Waals surface area contributed by atoms with Crippen LogP contribution >= 0.6 is 24.0 Å². The standard InChI is InChI=1S/C18H33N5O3.HI/c1-5-19-18(20-9-16(24)13-25-12-14(2)3)23-6-7-26-17(11-23)15-8-21-22(4)10-15;/h8,10,14,16-17,24H,5-7,9,11-13H2,1-4H3,(H,19,20);1H. The molecule has 1 aliphatic heterocycles. The third-order valence-electron chi connectivity index (χ3n) is 4.01. The average Bonchev–Trinajstić information content (AvgIpc) is 3.05. The number of hydrogen-bond donors (Lipinski definition) is 2. The van der Waals surface area contributed by atoms with Crippen molar-refractivity contribution in [1.82, 2.24) is 20.0 Å². The van der Waals surface area contributed by atoms with Gasteiger partial charge in [-0.3, -0.25) is 9.67 Å². The molecule has 27 heavy (non-hydrogen) atoms. The van der Waals surface area contributed by atoms with Crippen molar-refractivity contribution >= 4 is 29.9 Å². The molecule has 2 heterocycles. The fourth-order valence-corrected chi connectivity index (χ4v) is 2.76. The number of nitrogens with one attached hydrogen (secondary N) is 1. The van der Waals surface area contributed by atoms with Gasteiger partial charge in [0.05, 0.1) is 38.6 Å². The van der Waals surface area contributed by atoms with Gasteiger partial charge >= 0.3 is 0 Å². The van der Waals surface area contributed by atoms with Crippen LogP contribution in [0.1, 0.15) is 32.4 Å². The molecule has 1 saturated heterocycles. The van der Waals surface area contributed by atoms with Crippen LogP contribution in [0.25, 0.3) is 0 Å². The molecule has 2 atom stereocenters. The highest BCUT2D eigenvalue weighted by molar-refractivity contribution is 14.0. The van der Waals surface area contributed by atoms with Crippen LogP contribution in [-0.4, -0.2) is 77.9 Å². The maximum Gasteiger partial charge on any atom is 0.194 e. The van der Waals surface area contributed by atoms with Gasteiger partial charge in [-0.2, -0.15) is 5.10 Å². The molecule has 1 aromatic heterocycles. The molecule has 0 saturated carbocycles. The van der Waals surface area contributed by atoms with E-state index in [0.29, 0.717) is 38.8 Å². The van der Waals surface area contributed by atoms with E-state index in [0.717, 1.165) is 24.6 Å². The van der Waals surface area contributed by atoms with Crippen molar-refractivity contribution in [3.63, 3.8) is 0 Å². The molecule has 0 amide bonds. The molecule has 1 aliphatic rings. The van der Waals surface area contributed by atoms with Gasteiger partial charge in [-0.1, -0.05) is 13.8 Å². The summed E-state index contributed by atoms with van der Waals surface area (Å²) in [5.74, 6) is 1.26. The summed E-state index contributed by atoms with van der Waals surface area (Å²) in [6.07, 6.45) is 3.19. The molecule has 8 nitrogen and oxygen atoms in total. The Labute approximate surface area is 179 Å². The van der Waals surface area contributed by atoms with E-state index >= 15 is 0 Å². The van der Waals surface area contributed by atoms with Crippen LogP contribution in [0.15, 0.2) is 17.4 Å². The third-order valence-corrected chi connectivity index (χ3v) is 4.01. The molecular formula is C18H34IN5O3. The van der Waals surface area contributed by atoms with E-state index < -0.39 is 6.10 Å². The Morgan fingerprint density at radius 1 is 1.48 bits per heavy atom. The number of ether oxygens (including phenoxy) is 2. The highest BCUT2D eigenvalue weighted by Gasteiger charge is 2.25. The fourth-order valence-electron chi connectivity index (χ4n) is 2.76. The lowest BCUT2D eigenvalue weighted by atomic mass is 10.1. The van der Waals surface area contributed by atoms with Gasteiger partial charge in [0.25, 0.3) is 0 Å². The first kappa shape index (κ1) is 24.1. The number of hydrogen-bond acceptors (Lipinski definition) is 5. The SMILES string of the molecule is CCNC(=NCC(O)COCC(C)C)N1CCOC(c2cnn(C)c2)C1.I. The smallest absolute Gasteiger partial charge is 0.194 e. The molecule has 1 fully saturated rings. The van der Waals surface area contributed by atoms with E-state index in [9.17, 15) is 5.11 Å². The van der Waals surface area contributed by atoms with E-state index in [1.165, 1.54) is 0 Å². The Bertz CT molecular complexity index is 567. The van der Waals surface area contributed by atoms with Gasteiger partial charge < -0.3 is 24.8 Å². The van der Waals surface area contributed by atoms with E-state index in [1.807, 2.05) is 26.4 Å². The van der Waals surface area contributed by atoms with Gasteiger partial charge in [-0.25, -0.2) is 0 Å². The van der Waals surface area contributed by atoms with Crippen molar-refractivity contribution in [2.24, 2.45) is 18.0 Å². The second kappa shape index (κ2) is 12.5. The summed E-state index contributed by atoms with van der Waals surface area (Å²) in [6.45, 7) is 10.4. The van der Waals surface area contributed by atoms with E-state index in [2.05, 4.69) is 34.2 Å². The maximum absolute atomic E-state index is 10.1. The maximum atomic E-state index is 10.1. The summed E-state index contributed by atoms with van der Waals surface area (Å²) in [6, 6.07) is 0. The van der Waals surface area contributed by atoms with Crippen LogP contribution in [0.5, 0.6) is 0 Å². The summed E-state index contributed by atoms with van der Waals surface area (Å²) in [4.78, 5) is 6.77. The quantitative estimate of drug-likeness (QED) is 0.323. The number of morpholine rings is 1. The van der Waals surface area contributed by atoms with E-state index in [4.69, 9.17) is 9.47 Å². The van der Waals surface area contributed by atoms with Crippen molar-refractivity contribution in [2.75, 3.05) is 46.0 Å². The molecule has 0 aromatic carbocycles. The minimum Gasteiger partial charge on any atom is -0.389 e. The summed E-state index contributed by atoms with van der Waals surface area (Å²) in [5.41, 5.74) is 1.06. The van der Waals surface area contributed by atoms with Crippen LogP contribution in [-0.2, 0) is 16.5 Å². The average molecular weight is 495 g/mol. The molecule has 0 aliphatic carbocycles. The van der Waals surface area contributed by atoms with Gasteiger partial charge in [0.15, 0.2) is 5.96 Å². The first-order chi connectivity index (χ1) is 12.5. The first-order valence-corrected chi connectivity index (χ1v) is 9.38. The third kappa shape index (κ3) is 8.32. The molecular weight excluding hydrogens is 461 g/mol. The van der Waals surface area contributed by atoms with Crippen molar-refractivity contribution in [3.8, 4) is 0 Å². The Hall–Kier alpha value is -0.910. The number of halogens is 1. The van der Waals surface area contributed by atoms with Crippen molar-refractivity contribution in [1.29, 1.82) is 0 Å². The number of aryl methyl sites for hydroxylation is 1. The first-order valence-electron chi connectivity index (χ1n) is 9.38. The lowest BCUT2D eigenvalue weighted by molar-refractivity contribution is -0.00829. The number of aliphatic hydroxyl groups excluding tert-OH is 1. The Balaban J connectivity index is 0.00000364. The summed E-state index contributed by atoms with van der Waals surface area (Å²) in [7, 11) is 1.90. The van der Waals surface area contributed by atoms with E-state index in [-0.39, 0.29) is 30.1 Å². The fraction of sp³-hybridized carbons (Fsp3) is 0.778. The van der Waals surface area contributed by atoms with Crippen molar-refractivity contribution in [2.45, 2.75) is 33.0 Å².